The van der Waals surface area contributed by atoms with E-state index in [2.05, 4.69) is 15.3 Å². The van der Waals surface area contributed by atoms with Crippen molar-refractivity contribution >= 4 is 16.3 Å². The Labute approximate surface area is 105 Å². The molecule has 100 valence electrons. The molecule has 0 spiro atoms. The third kappa shape index (κ3) is 2.46. The normalized spacial score (nSPS) is 14.6. The van der Waals surface area contributed by atoms with E-state index >= 15 is 0 Å². The Hall–Kier alpha value is -1.22. The first-order valence-corrected chi connectivity index (χ1v) is 6.15. The molecule has 0 amide bonds. The highest BCUT2D eigenvalue weighted by atomic mass is 32.1. The standard InChI is InChI=1S/C9H12F3N5S/c1-4(2)3-5(13)6-16-17-7(9(10,11)12)14-15-8(17)18-6/h4-5H,3,13H2,1-2H3. The van der Waals surface area contributed by atoms with Crippen molar-refractivity contribution in [2.24, 2.45) is 11.7 Å². The predicted octanol–water partition coefficient (Wildman–Crippen LogP) is 2.25. The predicted molar refractivity (Wildman–Crippen MR) is 60.0 cm³/mol. The van der Waals surface area contributed by atoms with Crippen LogP contribution in [0.15, 0.2) is 0 Å². The van der Waals surface area contributed by atoms with Gasteiger partial charge in [-0.25, -0.2) is 0 Å². The average Bonchev–Trinajstić information content (AvgIpc) is 2.71. The topological polar surface area (TPSA) is 69.1 Å². The van der Waals surface area contributed by atoms with Gasteiger partial charge in [-0.15, -0.1) is 10.2 Å². The van der Waals surface area contributed by atoms with Crippen LogP contribution in [-0.2, 0) is 6.18 Å². The maximum Gasteiger partial charge on any atom is 0.453 e. The molecule has 0 aliphatic rings. The van der Waals surface area contributed by atoms with Crippen molar-refractivity contribution in [2.45, 2.75) is 32.5 Å². The van der Waals surface area contributed by atoms with Crippen molar-refractivity contribution in [3.63, 3.8) is 0 Å². The van der Waals surface area contributed by atoms with E-state index in [9.17, 15) is 13.2 Å². The molecule has 0 fully saturated rings. The Bertz CT molecular complexity index is 544. The van der Waals surface area contributed by atoms with Gasteiger partial charge in [-0.1, -0.05) is 25.2 Å². The van der Waals surface area contributed by atoms with E-state index in [1.54, 1.807) is 0 Å². The fourth-order valence-electron chi connectivity index (χ4n) is 1.57. The van der Waals surface area contributed by atoms with Crippen LogP contribution in [0.2, 0.25) is 0 Å². The number of aromatic nitrogens is 4. The zero-order valence-electron chi connectivity index (χ0n) is 9.77. The third-order valence-corrected chi connectivity index (χ3v) is 3.33. The maximum absolute atomic E-state index is 12.6. The van der Waals surface area contributed by atoms with E-state index < -0.39 is 12.0 Å². The summed E-state index contributed by atoms with van der Waals surface area (Å²) in [4.78, 5) is 0.108. The summed E-state index contributed by atoms with van der Waals surface area (Å²) in [5, 5.41) is 10.8. The molecule has 2 rings (SSSR count). The van der Waals surface area contributed by atoms with E-state index in [1.807, 2.05) is 13.8 Å². The van der Waals surface area contributed by atoms with E-state index in [0.717, 1.165) is 11.3 Å². The number of hydrogen-bond acceptors (Lipinski definition) is 5. The SMILES string of the molecule is CC(C)CC(N)c1nn2c(C(F)(F)F)nnc2s1. The minimum atomic E-state index is -4.56. The van der Waals surface area contributed by atoms with Gasteiger partial charge in [-0.2, -0.15) is 22.8 Å². The molecular formula is C9H12F3N5S. The molecule has 2 N–H and O–H groups in total. The minimum absolute atomic E-state index is 0.108. The van der Waals surface area contributed by atoms with Crippen LogP contribution in [0.5, 0.6) is 0 Å². The lowest BCUT2D eigenvalue weighted by atomic mass is 10.1. The molecule has 0 saturated carbocycles. The molecule has 5 nitrogen and oxygen atoms in total. The second-order valence-corrected chi connectivity index (χ2v) is 5.38. The van der Waals surface area contributed by atoms with Crippen LogP contribution in [0.3, 0.4) is 0 Å². The smallest absolute Gasteiger partial charge is 0.322 e. The molecule has 1 atom stereocenters. The number of alkyl halides is 3. The molecule has 0 radical (unpaired) electrons. The van der Waals surface area contributed by atoms with Crippen molar-refractivity contribution in [1.29, 1.82) is 0 Å². The molecule has 0 aromatic carbocycles. The number of nitrogens with zero attached hydrogens (tertiary/aromatic N) is 4. The summed E-state index contributed by atoms with van der Waals surface area (Å²) in [7, 11) is 0. The van der Waals surface area contributed by atoms with Crippen LogP contribution in [0.25, 0.3) is 4.96 Å². The van der Waals surface area contributed by atoms with Gasteiger partial charge in [0.25, 0.3) is 5.82 Å². The maximum atomic E-state index is 12.6. The average molecular weight is 279 g/mol. The zero-order valence-corrected chi connectivity index (χ0v) is 10.6. The summed E-state index contributed by atoms with van der Waals surface area (Å²) in [6.07, 6.45) is -3.90. The number of nitrogens with two attached hydrogens (primary N) is 1. The quantitative estimate of drug-likeness (QED) is 0.935. The molecule has 0 bridgehead atoms. The molecule has 0 aliphatic carbocycles. The lowest BCUT2D eigenvalue weighted by molar-refractivity contribution is -0.146. The molecule has 18 heavy (non-hydrogen) atoms. The second-order valence-electron chi connectivity index (χ2n) is 4.39. The molecule has 2 aromatic rings. The number of fused-ring (bicyclic) bond motifs is 1. The number of rotatable bonds is 3. The first-order valence-electron chi connectivity index (χ1n) is 5.34. The van der Waals surface area contributed by atoms with E-state index in [4.69, 9.17) is 5.73 Å². The Balaban J connectivity index is 2.36. The van der Waals surface area contributed by atoms with E-state index in [0.29, 0.717) is 21.9 Å². The van der Waals surface area contributed by atoms with Gasteiger partial charge in [-0.05, 0) is 12.3 Å². The lowest BCUT2D eigenvalue weighted by Crippen LogP contribution is -2.15. The van der Waals surface area contributed by atoms with Crippen molar-refractivity contribution in [2.75, 3.05) is 0 Å². The molecule has 2 aromatic heterocycles. The highest BCUT2D eigenvalue weighted by molar-refractivity contribution is 7.16. The first-order chi connectivity index (χ1) is 8.29. The summed E-state index contributed by atoms with van der Waals surface area (Å²) >= 11 is 1.04. The minimum Gasteiger partial charge on any atom is -0.322 e. The van der Waals surface area contributed by atoms with E-state index in [-0.39, 0.29) is 11.0 Å². The molecule has 0 saturated heterocycles. The molecule has 0 aliphatic heterocycles. The van der Waals surface area contributed by atoms with Crippen molar-refractivity contribution in [3.8, 4) is 0 Å². The molecule has 9 heteroatoms. The van der Waals surface area contributed by atoms with Crippen molar-refractivity contribution in [3.05, 3.63) is 10.8 Å². The summed E-state index contributed by atoms with van der Waals surface area (Å²) in [6.45, 7) is 3.97. The van der Waals surface area contributed by atoms with Crippen LogP contribution in [0, 0.1) is 5.92 Å². The van der Waals surface area contributed by atoms with Crippen molar-refractivity contribution in [1.82, 2.24) is 19.8 Å². The number of hydrogen-bond donors (Lipinski definition) is 1. The van der Waals surface area contributed by atoms with Crippen LogP contribution in [0.1, 0.15) is 37.1 Å². The monoisotopic (exact) mass is 279 g/mol. The fourth-order valence-corrected chi connectivity index (χ4v) is 2.42. The Kier molecular flexibility index (Phi) is 3.28. The van der Waals surface area contributed by atoms with Gasteiger partial charge >= 0.3 is 6.18 Å². The van der Waals surface area contributed by atoms with E-state index in [1.165, 1.54) is 0 Å². The van der Waals surface area contributed by atoms with Gasteiger partial charge in [0.05, 0.1) is 6.04 Å². The molecular weight excluding hydrogens is 267 g/mol. The van der Waals surface area contributed by atoms with Gasteiger partial charge in [-0.3, -0.25) is 0 Å². The van der Waals surface area contributed by atoms with Crippen LogP contribution >= 0.6 is 11.3 Å². The zero-order chi connectivity index (χ0) is 13.5. The largest absolute Gasteiger partial charge is 0.453 e. The molecule has 1 unspecified atom stereocenters. The Morgan fingerprint density at radius 1 is 1.33 bits per heavy atom. The summed E-state index contributed by atoms with van der Waals surface area (Å²) in [6, 6.07) is -0.377. The van der Waals surface area contributed by atoms with Crippen molar-refractivity contribution < 1.29 is 13.2 Å². The molecule has 2 heterocycles. The summed E-state index contributed by atoms with van der Waals surface area (Å²) in [5.41, 5.74) is 5.88. The Morgan fingerprint density at radius 2 is 2.00 bits per heavy atom. The van der Waals surface area contributed by atoms with Gasteiger partial charge in [0.2, 0.25) is 4.96 Å². The van der Waals surface area contributed by atoms with Crippen LogP contribution < -0.4 is 5.73 Å². The first kappa shape index (κ1) is 13.2. The highest BCUT2D eigenvalue weighted by Gasteiger charge is 2.38. The highest BCUT2D eigenvalue weighted by Crippen LogP contribution is 2.30. The Morgan fingerprint density at radius 3 is 2.56 bits per heavy atom. The van der Waals surface area contributed by atoms with Gasteiger partial charge in [0.15, 0.2) is 0 Å². The van der Waals surface area contributed by atoms with Crippen LogP contribution in [-0.4, -0.2) is 19.8 Å². The second kappa shape index (κ2) is 4.47. The van der Waals surface area contributed by atoms with Gasteiger partial charge < -0.3 is 5.73 Å². The summed E-state index contributed by atoms with van der Waals surface area (Å²) in [5.74, 6) is -0.770. The summed E-state index contributed by atoms with van der Waals surface area (Å²) < 4.78 is 38.5. The lowest BCUT2D eigenvalue weighted by Gasteiger charge is -2.09. The third-order valence-electron chi connectivity index (χ3n) is 2.30. The van der Waals surface area contributed by atoms with Gasteiger partial charge in [0, 0.05) is 0 Å². The van der Waals surface area contributed by atoms with Gasteiger partial charge in [0.1, 0.15) is 5.01 Å². The fraction of sp³-hybridized carbons (Fsp3) is 0.667. The van der Waals surface area contributed by atoms with Crippen LogP contribution in [0.4, 0.5) is 13.2 Å². The number of halogens is 3.